The second kappa shape index (κ2) is 9.75. The number of nitrogens with two attached hydrogens (primary N) is 1. The van der Waals surface area contributed by atoms with Gasteiger partial charge in [0.15, 0.2) is 0 Å². The SMILES string of the molecule is CCn1c(=O)n(CC(=O)N2CCCC(C(=O)NCCN)C2)c2ccccc21.Cl. The van der Waals surface area contributed by atoms with Gasteiger partial charge in [0.1, 0.15) is 6.54 Å². The van der Waals surface area contributed by atoms with Crippen LogP contribution in [0.25, 0.3) is 11.0 Å². The predicted octanol–water partition coefficient (Wildman–Crippen LogP) is 0.558. The summed E-state index contributed by atoms with van der Waals surface area (Å²) < 4.78 is 3.20. The summed E-state index contributed by atoms with van der Waals surface area (Å²) in [6, 6.07) is 7.49. The molecule has 1 unspecified atom stereocenters. The number of hydrogen-bond acceptors (Lipinski definition) is 4. The molecule has 0 saturated carbocycles. The Bertz CT molecular complexity index is 891. The van der Waals surface area contributed by atoms with Crippen LogP contribution in [-0.2, 0) is 22.7 Å². The first kappa shape index (κ1) is 22.0. The average Bonchev–Trinajstić information content (AvgIpc) is 2.97. The molecule has 2 amide bonds. The number of amides is 2. The van der Waals surface area contributed by atoms with E-state index in [-0.39, 0.29) is 42.4 Å². The van der Waals surface area contributed by atoms with Gasteiger partial charge < -0.3 is 16.0 Å². The van der Waals surface area contributed by atoms with Crippen molar-refractivity contribution in [2.75, 3.05) is 26.2 Å². The molecule has 9 heteroatoms. The van der Waals surface area contributed by atoms with Crippen molar-refractivity contribution in [3.05, 3.63) is 34.7 Å². The first-order chi connectivity index (χ1) is 13.1. The van der Waals surface area contributed by atoms with Crippen molar-refractivity contribution in [2.24, 2.45) is 11.7 Å². The summed E-state index contributed by atoms with van der Waals surface area (Å²) in [4.78, 5) is 39.4. The van der Waals surface area contributed by atoms with Crippen LogP contribution in [0.1, 0.15) is 19.8 Å². The van der Waals surface area contributed by atoms with Crippen LogP contribution in [0, 0.1) is 5.92 Å². The lowest BCUT2D eigenvalue weighted by molar-refractivity contribution is -0.136. The maximum atomic E-state index is 12.8. The van der Waals surface area contributed by atoms with E-state index >= 15 is 0 Å². The Kier molecular flexibility index (Phi) is 7.65. The minimum atomic E-state index is -0.219. The van der Waals surface area contributed by atoms with Crippen LogP contribution in [0.4, 0.5) is 0 Å². The molecule has 1 aromatic heterocycles. The molecule has 8 nitrogen and oxygen atoms in total. The fraction of sp³-hybridized carbons (Fsp3) is 0.526. The molecule has 1 saturated heterocycles. The standard InChI is InChI=1S/C19H27N5O3.ClH/c1-2-23-15-7-3-4-8-16(15)24(19(23)27)13-17(25)22-11-5-6-14(12-22)18(26)21-10-9-20;/h3-4,7-8,14H,2,5-6,9-13,20H2,1H3,(H,21,26);1H. The van der Waals surface area contributed by atoms with Crippen molar-refractivity contribution in [1.29, 1.82) is 0 Å². The number of nitrogens with zero attached hydrogens (tertiary/aromatic N) is 3. The smallest absolute Gasteiger partial charge is 0.329 e. The molecule has 1 fully saturated rings. The van der Waals surface area contributed by atoms with Crippen LogP contribution in [0.15, 0.2) is 29.1 Å². The van der Waals surface area contributed by atoms with Gasteiger partial charge in [-0.3, -0.25) is 18.7 Å². The Morgan fingerprint density at radius 3 is 2.54 bits per heavy atom. The summed E-state index contributed by atoms with van der Waals surface area (Å²) in [5.74, 6) is -0.409. The number of nitrogens with one attached hydrogen (secondary N) is 1. The van der Waals surface area contributed by atoms with Gasteiger partial charge in [0.25, 0.3) is 0 Å². The molecule has 3 rings (SSSR count). The van der Waals surface area contributed by atoms with E-state index in [1.54, 1.807) is 9.47 Å². The quantitative estimate of drug-likeness (QED) is 0.727. The number of benzene rings is 1. The van der Waals surface area contributed by atoms with Crippen molar-refractivity contribution in [2.45, 2.75) is 32.9 Å². The first-order valence-corrected chi connectivity index (χ1v) is 9.50. The number of piperidine rings is 1. The van der Waals surface area contributed by atoms with Gasteiger partial charge in [-0.1, -0.05) is 12.1 Å². The highest BCUT2D eigenvalue weighted by atomic mass is 35.5. The lowest BCUT2D eigenvalue weighted by Crippen LogP contribution is -2.47. The van der Waals surface area contributed by atoms with Gasteiger partial charge in [0.2, 0.25) is 11.8 Å². The molecule has 1 aromatic carbocycles. The number of para-hydroxylation sites is 2. The molecule has 28 heavy (non-hydrogen) atoms. The topological polar surface area (TPSA) is 102 Å². The van der Waals surface area contributed by atoms with Crippen molar-refractivity contribution >= 4 is 35.3 Å². The summed E-state index contributed by atoms with van der Waals surface area (Å²) >= 11 is 0. The Balaban J connectivity index is 0.00000280. The maximum absolute atomic E-state index is 12.8. The fourth-order valence-electron chi connectivity index (χ4n) is 3.72. The third-order valence-corrected chi connectivity index (χ3v) is 5.12. The number of hydrogen-bond donors (Lipinski definition) is 2. The predicted molar refractivity (Wildman–Crippen MR) is 110 cm³/mol. The van der Waals surface area contributed by atoms with E-state index in [2.05, 4.69) is 5.32 Å². The third-order valence-electron chi connectivity index (χ3n) is 5.12. The number of halogens is 1. The fourth-order valence-corrected chi connectivity index (χ4v) is 3.72. The highest BCUT2D eigenvalue weighted by Crippen LogP contribution is 2.18. The van der Waals surface area contributed by atoms with Crippen molar-refractivity contribution < 1.29 is 9.59 Å². The zero-order chi connectivity index (χ0) is 19.4. The molecule has 1 aliphatic rings. The molecule has 2 heterocycles. The summed E-state index contributed by atoms with van der Waals surface area (Å²) in [7, 11) is 0. The van der Waals surface area contributed by atoms with Crippen LogP contribution in [0.3, 0.4) is 0 Å². The number of likely N-dealkylation sites (tertiary alicyclic amines) is 1. The zero-order valence-corrected chi connectivity index (χ0v) is 16.9. The van der Waals surface area contributed by atoms with E-state index < -0.39 is 0 Å². The van der Waals surface area contributed by atoms with Gasteiger partial charge in [-0.15, -0.1) is 12.4 Å². The number of aryl methyl sites for hydroxylation is 1. The van der Waals surface area contributed by atoms with E-state index in [4.69, 9.17) is 5.73 Å². The monoisotopic (exact) mass is 409 g/mol. The third kappa shape index (κ3) is 4.39. The molecule has 0 aliphatic carbocycles. The largest absolute Gasteiger partial charge is 0.355 e. The second-order valence-electron chi connectivity index (χ2n) is 6.86. The second-order valence-corrected chi connectivity index (χ2v) is 6.86. The summed E-state index contributed by atoms with van der Waals surface area (Å²) in [6.07, 6.45) is 1.54. The van der Waals surface area contributed by atoms with Gasteiger partial charge in [-0.25, -0.2) is 4.79 Å². The summed E-state index contributed by atoms with van der Waals surface area (Å²) in [5, 5.41) is 2.80. The Hall–Kier alpha value is -2.32. The van der Waals surface area contributed by atoms with E-state index in [1.807, 2.05) is 31.2 Å². The normalized spacial score (nSPS) is 16.6. The number of carbonyl (C=O) groups is 2. The van der Waals surface area contributed by atoms with E-state index in [0.717, 1.165) is 23.9 Å². The lowest BCUT2D eigenvalue weighted by Gasteiger charge is -2.32. The Morgan fingerprint density at radius 2 is 1.89 bits per heavy atom. The molecule has 0 bridgehead atoms. The van der Waals surface area contributed by atoms with Crippen LogP contribution < -0.4 is 16.7 Å². The molecule has 1 atom stereocenters. The summed E-state index contributed by atoms with van der Waals surface area (Å²) in [5.41, 5.74) is 6.83. The number of aromatic nitrogens is 2. The summed E-state index contributed by atoms with van der Waals surface area (Å²) in [6.45, 7) is 4.28. The maximum Gasteiger partial charge on any atom is 0.329 e. The lowest BCUT2D eigenvalue weighted by atomic mass is 9.97. The Morgan fingerprint density at radius 1 is 1.21 bits per heavy atom. The van der Waals surface area contributed by atoms with Crippen LogP contribution in [0.2, 0.25) is 0 Å². The number of carbonyl (C=O) groups excluding carboxylic acids is 2. The van der Waals surface area contributed by atoms with E-state index in [9.17, 15) is 14.4 Å². The molecule has 154 valence electrons. The Labute approximate surface area is 170 Å². The highest BCUT2D eigenvalue weighted by molar-refractivity contribution is 5.85. The minimum absolute atomic E-state index is 0. The van der Waals surface area contributed by atoms with Crippen LogP contribution in [-0.4, -0.2) is 52.0 Å². The van der Waals surface area contributed by atoms with Crippen molar-refractivity contribution in [1.82, 2.24) is 19.4 Å². The molecule has 1 aliphatic heterocycles. The number of fused-ring (bicyclic) bond motifs is 1. The minimum Gasteiger partial charge on any atom is -0.355 e. The first-order valence-electron chi connectivity index (χ1n) is 9.50. The molecule has 3 N–H and O–H groups in total. The van der Waals surface area contributed by atoms with Gasteiger partial charge in [0, 0.05) is 32.7 Å². The molecule has 0 radical (unpaired) electrons. The zero-order valence-electron chi connectivity index (χ0n) is 16.1. The molecule has 2 aromatic rings. The van der Waals surface area contributed by atoms with Crippen molar-refractivity contribution in [3.8, 4) is 0 Å². The van der Waals surface area contributed by atoms with Crippen molar-refractivity contribution in [3.63, 3.8) is 0 Å². The average molecular weight is 410 g/mol. The molecule has 0 spiro atoms. The highest BCUT2D eigenvalue weighted by Gasteiger charge is 2.28. The molecular formula is C19H28ClN5O3. The number of rotatable bonds is 6. The van der Waals surface area contributed by atoms with E-state index in [1.165, 1.54) is 4.57 Å². The van der Waals surface area contributed by atoms with Gasteiger partial charge >= 0.3 is 5.69 Å². The van der Waals surface area contributed by atoms with Gasteiger partial charge in [0.05, 0.1) is 17.0 Å². The molecular weight excluding hydrogens is 382 g/mol. The number of imidazole rings is 1. The van der Waals surface area contributed by atoms with Gasteiger partial charge in [-0.05, 0) is 31.9 Å². The van der Waals surface area contributed by atoms with E-state index in [0.29, 0.717) is 32.7 Å². The van der Waals surface area contributed by atoms with Crippen LogP contribution in [0.5, 0.6) is 0 Å². The van der Waals surface area contributed by atoms with Crippen LogP contribution >= 0.6 is 12.4 Å². The van der Waals surface area contributed by atoms with Gasteiger partial charge in [-0.2, -0.15) is 0 Å².